The number of esters is 1. The Balaban J connectivity index is 4.13. The zero-order valence-corrected chi connectivity index (χ0v) is 13.5. The molecule has 22 heavy (non-hydrogen) atoms. The molecule has 126 valence electrons. The topological polar surface area (TPSA) is 128 Å². The van der Waals surface area contributed by atoms with Crippen molar-refractivity contribution >= 4 is 23.6 Å². The van der Waals surface area contributed by atoms with Crippen molar-refractivity contribution in [2.75, 3.05) is 13.7 Å². The number of hydrogen-bond acceptors (Lipinski definition) is 6. The molecule has 0 saturated heterocycles. The lowest BCUT2D eigenvalue weighted by Gasteiger charge is -2.19. The van der Waals surface area contributed by atoms with Gasteiger partial charge in [-0.05, 0) is 12.8 Å². The zero-order chi connectivity index (χ0) is 17.3. The quantitative estimate of drug-likeness (QED) is 0.474. The summed E-state index contributed by atoms with van der Waals surface area (Å²) >= 11 is 0. The van der Waals surface area contributed by atoms with Crippen molar-refractivity contribution in [2.45, 2.75) is 45.7 Å². The van der Waals surface area contributed by atoms with Gasteiger partial charge in [0.25, 0.3) is 0 Å². The predicted molar refractivity (Wildman–Crippen MR) is 79.7 cm³/mol. The number of hydrogen-bond donors (Lipinski definition) is 3. The Morgan fingerprint density at radius 2 is 1.64 bits per heavy atom. The molecule has 0 aliphatic heterocycles. The van der Waals surface area contributed by atoms with Crippen molar-refractivity contribution < 1.29 is 23.9 Å². The van der Waals surface area contributed by atoms with Crippen LogP contribution in [-0.2, 0) is 23.9 Å². The molecule has 4 N–H and O–H groups in total. The van der Waals surface area contributed by atoms with Crippen molar-refractivity contribution in [3.05, 3.63) is 0 Å². The van der Waals surface area contributed by atoms with Gasteiger partial charge in [0.1, 0.15) is 6.04 Å². The van der Waals surface area contributed by atoms with Gasteiger partial charge in [-0.2, -0.15) is 0 Å². The van der Waals surface area contributed by atoms with Crippen LogP contribution in [0.5, 0.6) is 0 Å². The van der Waals surface area contributed by atoms with E-state index in [0.717, 1.165) is 0 Å². The van der Waals surface area contributed by atoms with Crippen LogP contribution in [0.25, 0.3) is 0 Å². The fourth-order valence-electron chi connectivity index (χ4n) is 1.45. The Hall–Kier alpha value is -1.96. The number of methoxy groups -OCH3 is 1. The predicted octanol–water partition coefficient (Wildman–Crippen LogP) is -0.887. The maximum Gasteiger partial charge on any atom is 0.305 e. The number of ketones is 1. The lowest BCUT2D eigenvalue weighted by molar-refractivity contribution is -0.141. The molecule has 0 aromatic carbocycles. The van der Waals surface area contributed by atoms with Gasteiger partial charge in [-0.25, -0.2) is 0 Å². The Bertz CT molecular complexity index is 423. The number of carbonyl (C=O) groups excluding carboxylic acids is 4. The fourth-order valence-corrected chi connectivity index (χ4v) is 1.45. The number of amides is 2. The molecule has 0 fully saturated rings. The van der Waals surface area contributed by atoms with E-state index in [1.54, 1.807) is 13.8 Å². The summed E-state index contributed by atoms with van der Waals surface area (Å²) < 4.78 is 4.41. The van der Waals surface area contributed by atoms with Gasteiger partial charge in [-0.1, -0.05) is 13.8 Å². The van der Waals surface area contributed by atoms with Crippen LogP contribution in [0.2, 0.25) is 0 Å². The van der Waals surface area contributed by atoms with E-state index in [4.69, 9.17) is 5.73 Å². The molecule has 2 atom stereocenters. The summed E-state index contributed by atoms with van der Waals surface area (Å²) in [5.74, 6) is -1.74. The Kier molecular flexibility index (Phi) is 9.00. The van der Waals surface area contributed by atoms with E-state index < -0.39 is 29.9 Å². The normalized spacial score (nSPS) is 13.2. The maximum atomic E-state index is 11.8. The molecule has 0 aliphatic rings. The molecule has 0 bridgehead atoms. The van der Waals surface area contributed by atoms with Crippen molar-refractivity contribution in [3.63, 3.8) is 0 Å². The second kappa shape index (κ2) is 9.88. The molecule has 0 spiro atoms. The summed E-state index contributed by atoms with van der Waals surface area (Å²) in [4.78, 5) is 45.8. The highest BCUT2D eigenvalue weighted by Crippen LogP contribution is 1.98. The molecule has 0 rings (SSSR count). The Morgan fingerprint density at radius 3 is 2.14 bits per heavy atom. The molecule has 0 aromatic rings. The first-order chi connectivity index (χ1) is 10.2. The van der Waals surface area contributed by atoms with E-state index in [-0.39, 0.29) is 31.1 Å². The van der Waals surface area contributed by atoms with Gasteiger partial charge in [0.2, 0.25) is 11.8 Å². The van der Waals surface area contributed by atoms with Gasteiger partial charge in [0.15, 0.2) is 5.78 Å². The SMILES string of the molecule is COC(=O)CCC(=O)CNC(=O)[C@H](C)NC(=O)[C@@H](N)C(C)C. The second-order valence-electron chi connectivity index (χ2n) is 5.33. The minimum absolute atomic E-state index is 0.00802. The first-order valence-corrected chi connectivity index (χ1v) is 7.11. The molecule has 0 radical (unpaired) electrons. The molecule has 0 unspecified atom stereocenters. The summed E-state index contributed by atoms with van der Waals surface area (Å²) in [6.07, 6.45) is -0.0351. The lowest BCUT2D eigenvalue weighted by Crippen LogP contribution is -2.52. The minimum Gasteiger partial charge on any atom is -0.469 e. The highest BCUT2D eigenvalue weighted by Gasteiger charge is 2.22. The molecule has 8 nitrogen and oxygen atoms in total. The molecular weight excluding hydrogens is 290 g/mol. The van der Waals surface area contributed by atoms with E-state index in [1.165, 1.54) is 14.0 Å². The Labute approximate surface area is 130 Å². The number of rotatable bonds is 9. The molecule has 2 amide bonds. The summed E-state index contributed by atoms with van der Waals surface area (Å²) in [6.45, 7) is 4.90. The summed E-state index contributed by atoms with van der Waals surface area (Å²) in [5, 5.41) is 4.88. The average molecular weight is 315 g/mol. The van der Waals surface area contributed by atoms with Crippen LogP contribution >= 0.6 is 0 Å². The van der Waals surface area contributed by atoms with Crippen molar-refractivity contribution in [1.29, 1.82) is 0 Å². The summed E-state index contributed by atoms with van der Waals surface area (Å²) in [5.41, 5.74) is 5.67. The third-order valence-corrected chi connectivity index (χ3v) is 3.07. The molecular formula is C14H25N3O5. The average Bonchev–Trinajstić information content (AvgIpc) is 2.48. The van der Waals surface area contributed by atoms with Gasteiger partial charge in [0.05, 0.1) is 26.1 Å². The first-order valence-electron chi connectivity index (χ1n) is 7.11. The van der Waals surface area contributed by atoms with Crippen LogP contribution in [0, 0.1) is 5.92 Å². The highest BCUT2D eigenvalue weighted by atomic mass is 16.5. The third kappa shape index (κ3) is 7.72. The number of Topliss-reactive ketones (excluding diaryl/α,β-unsaturated/α-hetero) is 1. The smallest absolute Gasteiger partial charge is 0.305 e. The van der Waals surface area contributed by atoms with Crippen molar-refractivity contribution in [3.8, 4) is 0 Å². The number of nitrogens with two attached hydrogens (primary N) is 1. The lowest BCUT2D eigenvalue weighted by atomic mass is 10.0. The van der Waals surface area contributed by atoms with Gasteiger partial charge in [-0.3, -0.25) is 19.2 Å². The summed E-state index contributed by atoms with van der Waals surface area (Å²) in [6, 6.07) is -1.50. The Morgan fingerprint density at radius 1 is 1.05 bits per heavy atom. The highest BCUT2D eigenvalue weighted by molar-refractivity contribution is 5.92. The standard InChI is InChI=1S/C14H25N3O5/c1-8(2)12(15)14(21)17-9(3)13(20)16-7-10(18)5-6-11(19)22-4/h8-9,12H,5-7,15H2,1-4H3,(H,16,20)(H,17,21)/t9-,12-/m0/s1. The van der Waals surface area contributed by atoms with Crippen LogP contribution in [0.4, 0.5) is 0 Å². The van der Waals surface area contributed by atoms with Crippen LogP contribution in [0.1, 0.15) is 33.6 Å². The molecule has 8 heteroatoms. The first kappa shape index (κ1) is 20.0. The minimum atomic E-state index is -0.800. The van der Waals surface area contributed by atoms with Gasteiger partial charge < -0.3 is 21.1 Å². The van der Waals surface area contributed by atoms with E-state index >= 15 is 0 Å². The second-order valence-corrected chi connectivity index (χ2v) is 5.33. The monoisotopic (exact) mass is 315 g/mol. The molecule has 0 aromatic heterocycles. The number of ether oxygens (including phenoxy) is 1. The molecule has 0 aliphatic carbocycles. The zero-order valence-electron chi connectivity index (χ0n) is 13.5. The van der Waals surface area contributed by atoms with Gasteiger partial charge in [0, 0.05) is 6.42 Å². The fraction of sp³-hybridized carbons (Fsp3) is 0.714. The van der Waals surface area contributed by atoms with E-state index in [9.17, 15) is 19.2 Å². The maximum absolute atomic E-state index is 11.8. The largest absolute Gasteiger partial charge is 0.469 e. The van der Waals surface area contributed by atoms with E-state index in [1.807, 2.05) is 0 Å². The molecule has 0 heterocycles. The van der Waals surface area contributed by atoms with Crippen LogP contribution < -0.4 is 16.4 Å². The van der Waals surface area contributed by atoms with Crippen LogP contribution in [0.3, 0.4) is 0 Å². The van der Waals surface area contributed by atoms with Crippen molar-refractivity contribution in [1.82, 2.24) is 10.6 Å². The van der Waals surface area contributed by atoms with Crippen LogP contribution in [-0.4, -0.2) is 49.3 Å². The van der Waals surface area contributed by atoms with E-state index in [0.29, 0.717) is 0 Å². The molecule has 0 saturated carbocycles. The van der Waals surface area contributed by atoms with E-state index in [2.05, 4.69) is 15.4 Å². The van der Waals surface area contributed by atoms with Gasteiger partial charge >= 0.3 is 5.97 Å². The number of carbonyl (C=O) groups is 4. The third-order valence-electron chi connectivity index (χ3n) is 3.07. The van der Waals surface area contributed by atoms with Gasteiger partial charge in [-0.15, -0.1) is 0 Å². The van der Waals surface area contributed by atoms with Crippen molar-refractivity contribution in [2.24, 2.45) is 11.7 Å². The van der Waals surface area contributed by atoms with Crippen LogP contribution in [0.15, 0.2) is 0 Å². The summed E-state index contributed by atoms with van der Waals surface area (Å²) in [7, 11) is 1.24. The number of nitrogens with one attached hydrogen (secondary N) is 2.